The molecule has 12 heteroatoms. The molecule has 37 heavy (non-hydrogen) atoms. The molecule has 0 spiro atoms. The summed E-state index contributed by atoms with van der Waals surface area (Å²) >= 11 is 0.969. The number of benzene rings is 1. The van der Waals surface area contributed by atoms with E-state index < -0.39 is 23.6 Å². The average Bonchev–Trinajstić information content (AvgIpc) is 3.47. The summed E-state index contributed by atoms with van der Waals surface area (Å²) in [4.78, 5) is 20.8. The van der Waals surface area contributed by atoms with Crippen molar-refractivity contribution in [3.8, 4) is 10.4 Å². The van der Waals surface area contributed by atoms with E-state index in [1.54, 1.807) is 26.0 Å². The summed E-state index contributed by atoms with van der Waals surface area (Å²) in [6, 6.07) is 8.81. The zero-order valence-electron chi connectivity index (χ0n) is 20.1. The second-order valence-electron chi connectivity index (χ2n) is 8.18. The van der Waals surface area contributed by atoms with Gasteiger partial charge in [0.2, 0.25) is 0 Å². The highest BCUT2D eigenvalue weighted by atomic mass is 32.1. The molecule has 4 N–H and O–H groups in total. The van der Waals surface area contributed by atoms with Crippen molar-refractivity contribution in [1.82, 2.24) is 15.1 Å². The molecule has 1 amide bonds. The molecule has 9 nitrogen and oxygen atoms in total. The number of pyridine rings is 1. The lowest BCUT2D eigenvalue weighted by atomic mass is 10.0. The van der Waals surface area contributed by atoms with Crippen LogP contribution in [-0.4, -0.2) is 32.7 Å². The van der Waals surface area contributed by atoms with Crippen LogP contribution in [0.15, 0.2) is 40.9 Å². The normalized spacial score (nSPS) is 12.0. The molecule has 1 aromatic carbocycles. The smallest absolute Gasteiger partial charge is 0.252 e. The Hall–Kier alpha value is -3.74. The number of primary amides is 1. The summed E-state index contributed by atoms with van der Waals surface area (Å²) in [5, 5.41) is 17.0. The SMILES string of the molecule is CCC(O)c1cc(F)c(-c2cc(C(N)=O)c(Nc3cccc(CCOCc4nc(C)no4)n3)s2)c(F)c1. The number of halogens is 2. The number of rotatable bonds is 11. The molecule has 0 aliphatic carbocycles. The van der Waals surface area contributed by atoms with Crippen LogP contribution in [0.4, 0.5) is 19.6 Å². The van der Waals surface area contributed by atoms with Crippen LogP contribution in [0.2, 0.25) is 0 Å². The number of aliphatic hydroxyl groups is 1. The molecule has 0 aliphatic rings. The van der Waals surface area contributed by atoms with E-state index in [9.17, 15) is 18.7 Å². The zero-order chi connectivity index (χ0) is 26.5. The third-order valence-electron chi connectivity index (χ3n) is 5.43. The predicted molar refractivity (Wildman–Crippen MR) is 133 cm³/mol. The Kier molecular flexibility index (Phi) is 8.21. The molecule has 1 atom stereocenters. The van der Waals surface area contributed by atoms with Gasteiger partial charge in [0, 0.05) is 17.0 Å². The number of aromatic nitrogens is 3. The second kappa shape index (κ2) is 11.5. The fraction of sp³-hybridized carbons (Fsp3) is 0.280. The third-order valence-corrected chi connectivity index (χ3v) is 6.49. The number of ether oxygens (including phenoxy) is 1. The van der Waals surface area contributed by atoms with Crippen molar-refractivity contribution in [2.24, 2.45) is 5.73 Å². The van der Waals surface area contributed by atoms with E-state index in [1.807, 2.05) is 6.07 Å². The second-order valence-corrected chi connectivity index (χ2v) is 9.23. The Morgan fingerprint density at radius 1 is 1.24 bits per heavy atom. The standard InChI is InChI=1S/C25H25F2N5O4S/c1-3-19(33)14-9-17(26)23(18(27)10-14)20-11-16(24(28)34)25(37-20)31-21-6-4-5-15(30-21)7-8-35-12-22-29-13(2)32-36-22/h4-6,9-11,19,33H,3,7-8,12H2,1-2H3,(H2,28,34)(H,30,31). The van der Waals surface area contributed by atoms with Crippen LogP contribution >= 0.6 is 11.3 Å². The number of carbonyl (C=O) groups is 1. The number of aliphatic hydroxyl groups excluding tert-OH is 1. The summed E-state index contributed by atoms with van der Waals surface area (Å²) in [5.41, 5.74) is 6.16. The van der Waals surface area contributed by atoms with Gasteiger partial charge >= 0.3 is 0 Å². The Bertz CT molecular complexity index is 1380. The van der Waals surface area contributed by atoms with Gasteiger partial charge in [-0.05, 0) is 49.2 Å². The number of nitrogens with two attached hydrogens (primary N) is 1. The van der Waals surface area contributed by atoms with Crippen LogP contribution in [0, 0.1) is 18.6 Å². The molecular weight excluding hydrogens is 504 g/mol. The van der Waals surface area contributed by atoms with Crippen LogP contribution in [0.5, 0.6) is 0 Å². The Morgan fingerprint density at radius 2 is 2.00 bits per heavy atom. The van der Waals surface area contributed by atoms with E-state index in [4.69, 9.17) is 15.0 Å². The number of nitrogens with zero attached hydrogens (tertiary/aromatic N) is 3. The zero-order valence-corrected chi connectivity index (χ0v) is 20.9. The number of anilines is 2. The molecule has 3 aromatic heterocycles. The van der Waals surface area contributed by atoms with Crippen molar-refractivity contribution in [2.45, 2.75) is 39.4 Å². The number of amides is 1. The maximum atomic E-state index is 14.9. The lowest BCUT2D eigenvalue weighted by molar-refractivity contribution is 0.0996. The Labute approximate surface area is 215 Å². The Balaban J connectivity index is 1.50. The van der Waals surface area contributed by atoms with E-state index in [2.05, 4.69) is 20.4 Å². The van der Waals surface area contributed by atoms with Crippen molar-refractivity contribution in [1.29, 1.82) is 0 Å². The van der Waals surface area contributed by atoms with Gasteiger partial charge in [0.25, 0.3) is 11.8 Å². The molecule has 0 bridgehead atoms. The number of nitrogens with one attached hydrogen (secondary N) is 1. The summed E-state index contributed by atoms with van der Waals surface area (Å²) in [5.74, 6) is -1.11. The molecular formula is C25H25F2N5O4S. The molecule has 0 saturated heterocycles. The maximum Gasteiger partial charge on any atom is 0.252 e. The van der Waals surface area contributed by atoms with Gasteiger partial charge in [-0.25, -0.2) is 13.8 Å². The first kappa shape index (κ1) is 26.3. The molecule has 0 saturated carbocycles. The van der Waals surface area contributed by atoms with Crippen LogP contribution in [0.1, 0.15) is 52.8 Å². The molecule has 4 rings (SSSR count). The van der Waals surface area contributed by atoms with E-state index in [0.717, 1.165) is 23.5 Å². The molecule has 0 fully saturated rings. The monoisotopic (exact) mass is 529 g/mol. The molecule has 4 aromatic rings. The largest absolute Gasteiger partial charge is 0.388 e. The van der Waals surface area contributed by atoms with E-state index in [1.165, 1.54) is 6.07 Å². The minimum Gasteiger partial charge on any atom is -0.388 e. The van der Waals surface area contributed by atoms with E-state index in [-0.39, 0.29) is 28.2 Å². The summed E-state index contributed by atoms with van der Waals surface area (Å²) in [6.07, 6.45) is -0.173. The number of aryl methyl sites for hydroxylation is 1. The van der Waals surface area contributed by atoms with Crippen LogP contribution in [0.3, 0.4) is 0 Å². The van der Waals surface area contributed by atoms with E-state index in [0.29, 0.717) is 47.7 Å². The van der Waals surface area contributed by atoms with Crippen molar-refractivity contribution >= 4 is 28.1 Å². The minimum atomic E-state index is -0.980. The molecule has 194 valence electrons. The Morgan fingerprint density at radius 3 is 2.65 bits per heavy atom. The fourth-order valence-corrected chi connectivity index (χ4v) is 4.70. The number of thiophene rings is 1. The first-order valence-electron chi connectivity index (χ1n) is 11.5. The van der Waals surface area contributed by atoms with Crippen molar-refractivity contribution < 1.29 is 27.9 Å². The number of hydrogen-bond donors (Lipinski definition) is 3. The average molecular weight is 530 g/mol. The molecule has 1 unspecified atom stereocenters. The molecule has 0 aliphatic heterocycles. The molecule has 0 radical (unpaired) electrons. The highest BCUT2D eigenvalue weighted by Crippen LogP contribution is 2.40. The third kappa shape index (κ3) is 6.34. The van der Waals surface area contributed by atoms with E-state index >= 15 is 0 Å². The summed E-state index contributed by atoms with van der Waals surface area (Å²) in [6.45, 7) is 3.97. The minimum absolute atomic E-state index is 0.0712. The van der Waals surface area contributed by atoms with Crippen LogP contribution in [-0.2, 0) is 17.8 Å². The topological polar surface area (TPSA) is 136 Å². The number of carbonyl (C=O) groups excluding carboxylic acids is 1. The van der Waals surface area contributed by atoms with Gasteiger partial charge in [-0.15, -0.1) is 11.3 Å². The summed E-state index contributed by atoms with van der Waals surface area (Å²) in [7, 11) is 0. The predicted octanol–water partition coefficient (Wildman–Crippen LogP) is 4.82. The highest BCUT2D eigenvalue weighted by Gasteiger charge is 2.22. The van der Waals surface area contributed by atoms with Crippen molar-refractivity contribution in [2.75, 3.05) is 11.9 Å². The van der Waals surface area contributed by atoms with Gasteiger partial charge in [0.1, 0.15) is 29.1 Å². The van der Waals surface area contributed by atoms with Gasteiger partial charge in [0.05, 0.1) is 23.8 Å². The van der Waals surface area contributed by atoms with Crippen LogP contribution in [0.25, 0.3) is 10.4 Å². The van der Waals surface area contributed by atoms with Crippen molar-refractivity contribution in [3.05, 3.63) is 76.6 Å². The fourth-order valence-electron chi connectivity index (χ4n) is 3.59. The van der Waals surface area contributed by atoms with Gasteiger partial charge in [-0.1, -0.05) is 18.1 Å². The first-order chi connectivity index (χ1) is 17.7. The summed E-state index contributed by atoms with van der Waals surface area (Å²) < 4.78 is 40.3. The van der Waals surface area contributed by atoms with Crippen molar-refractivity contribution in [3.63, 3.8) is 0 Å². The number of hydrogen-bond acceptors (Lipinski definition) is 9. The lowest BCUT2D eigenvalue weighted by Crippen LogP contribution is -2.11. The molecule has 3 heterocycles. The maximum absolute atomic E-state index is 14.9. The first-order valence-corrected chi connectivity index (χ1v) is 12.3. The lowest BCUT2D eigenvalue weighted by Gasteiger charge is -2.11. The van der Waals surface area contributed by atoms with Gasteiger partial charge in [-0.2, -0.15) is 4.98 Å². The van der Waals surface area contributed by atoms with Crippen LogP contribution < -0.4 is 11.1 Å². The highest BCUT2D eigenvalue weighted by molar-refractivity contribution is 7.20. The van der Waals surface area contributed by atoms with Gasteiger partial charge < -0.3 is 25.4 Å². The van der Waals surface area contributed by atoms with Gasteiger partial charge in [0.15, 0.2) is 5.82 Å². The quantitative estimate of drug-likeness (QED) is 0.235. The van der Waals surface area contributed by atoms with Gasteiger partial charge in [-0.3, -0.25) is 4.79 Å².